The van der Waals surface area contributed by atoms with Crippen LogP contribution in [0.5, 0.6) is 0 Å². The Kier molecular flexibility index (Phi) is 5.77. The number of carbonyl (C=O) groups excluding carboxylic acids is 2. The first kappa shape index (κ1) is 23.4. The van der Waals surface area contributed by atoms with Gasteiger partial charge in [0, 0.05) is 35.7 Å². The third-order valence-electron chi connectivity index (χ3n) is 5.67. The van der Waals surface area contributed by atoms with E-state index in [4.69, 9.17) is 0 Å². The van der Waals surface area contributed by atoms with Crippen LogP contribution in [0.1, 0.15) is 42.5 Å². The van der Waals surface area contributed by atoms with Gasteiger partial charge in [-0.2, -0.15) is 13.2 Å². The maximum Gasteiger partial charge on any atom is 0.471 e. The van der Waals surface area contributed by atoms with E-state index in [9.17, 15) is 40.0 Å². The van der Waals surface area contributed by atoms with E-state index in [2.05, 4.69) is 10.0 Å². The number of carbonyl (C=O) groups is 2. The molecule has 1 heterocycles. The lowest BCUT2D eigenvalue weighted by atomic mass is 9.89. The van der Waals surface area contributed by atoms with Crippen LogP contribution in [-0.4, -0.2) is 44.4 Å². The zero-order valence-corrected chi connectivity index (χ0v) is 18.2. The molecule has 0 saturated heterocycles. The van der Waals surface area contributed by atoms with Crippen LogP contribution in [0.25, 0.3) is 0 Å². The fourth-order valence-electron chi connectivity index (χ4n) is 3.90. The van der Waals surface area contributed by atoms with Crippen LogP contribution >= 0.6 is 11.3 Å². The number of alkyl halides is 5. The largest absolute Gasteiger partial charge is 0.471 e. The van der Waals surface area contributed by atoms with Crippen molar-refractivity contribution in [2.45, 2.75) is 74.0 Å². The Morgan fingerprint density at radius 3 is 2.28 bits per heavy atom. The Balaban J connectivity index is 1.62. The van der Waals surface area contributed by atoms with E-state index < -0.39 is 53.0 Å². The quantitative estimate of drug-likeness (QED) is 0.522. The molecule has 3 aliphatic carbocycles. The molecular formula is C18H20F5N3O4S2. The SMILES string of the molecule is O=C(Nc1sc2c(c1S(=O)(=O)NC1CC(F)(F)C1)C[C@@H](NC(=O)C(F)(F)F)CC2)C1CC1. The molecule has 0 radical (unpaired) electrons. The van der Waals surface area contributed by atoms with Crippen LogP contribution in [0.15, 0.2) is 4.90 Å². The summed E-state index contributed by atoms with van der Waals surface area (Å²) in [6.07, 6.45) is -4.90. The Morgan fingerprint density at radius 1 is 1.06 bits per heavy atom. The topological polar surface area (TPSA) is 104 Å². The Morgan fingerprint density at radius 2 is 1.72 bits per heavy atom. The molecule has 1 aromatic rings. The van der Waals surface area contributed by atoms with Crippen molar-refractivity contribution in [3.8, 4) is 0 Å². The maximum atomic E-state index is 13.2. The number of anilines is 1. The number of hydrogen-bond acceptors (Lipinski definition) is 5. The van der Waals surface area contributed by atoms with Crippen LogP contribution in [0.3, 0.4) is 0 Å². The lowest BCUT2D eigenvalue weighted by molar-refractivity contribution is -0.174. The van der Waals surface area contributed by atoms with Gasteiger partial charge in [-0.05, 0) is 37.7 Å². The van der Waals surface area contributed by atoms with E-state index in [1.807, 2.05) is 5.32 Å². The second kappa shape index (κ2) is 7.90. The normalized spacial score (nSPS) is 23.2. The summed E-state index contributed by atoms with van der Waals surface area (Å²) in [6.45, 7) is 0. The lowest BCUT2D eigenvalue weighted by Crippen LogP contribution is -2.50. The lowest BCUT2D eigenvalue weighted by Gasteiger charge is -2.35. The molecule has 14 heteroatoms. The maximum absolute atomic E-state index is 13.2. The highest BCUT2D eigenvalue weighted by atomic mass is 32.2. The average molecular weight is 501 g/mol. The summed E-state index contributed by atoms with van der Waals surface area (Å²) in [5.41, 5.74) is 0.193. The van der Waals surface area contributed by atoms with Gasteiger partial charge in [0.1, 0.15) is 9.90 Å². The van der Waals surface area contributed by atoms with Crippen molar-refractivity contribution in [1.29, 1.82) is 0 Å². The van der Waals surface area contributed by atoms with Gasteiger partial charge in [-0.15, -0.1) is 11.3 Å². The molecular weight excluding hydrogens is 481 g/mol. The van der Waals surface area contributed by atoms with Crippen molar-refractivity contribution < 1.29 is 40.0 Å². The smallest absolute Gasteiger partial charge is 0.345 e. The predicted octanol–water partition coefficient (Wildman–Crippen LogP) is 2.71. The number of hydrogen-bond donors (Lipinski definition) is 3. The van der Waals surface area contributed by atoms with Crippen molar-refractivity contribution >= 4 is 38.2 Å². The Labute approximate surface area is 184 Å². The van der Waals surface area contributed by atoms with Crippen molar-refractivity contribution in [3.63, 3.8) is 0 Å². The van der Waals surface area contributed by atoms with E-state index in [0.717, 1.165) is 11.3 Å². The highest BCUT2D eigenvalue weighted by molar-refractivity contribution is 7.90. The monoisotopic (exact) mass is 501 g/mol. The minimum Gasteiger partial charge on any atom is -0.345 e. The summed E-state index contributed by atoms with van der Waals surface area (Å²) in [6, 6.07) is -1.94. The summed E-state index contributed by atoms with van der Waals surface area (Å²) in [7, 11) is -4.35. The molecule has 3 aliphatic rings. The van der Waals surface area contributed by atoms with Crippen LogP contribution in [0, 0.1) is 5.92 Å². The van der Waals surface area contributed by atoms with Gasteiger partial charge >= 0.3 is 12.1 Å². The number of sulfonamides is 1. The Bertz CT molecular complexity index is 1040. The standard InChI is InChI=1S/C18H20F5N3O4S2/c19-17(20)6-10(7-17)26-32(29,30)13-11-5-9(24-16(28)18(21,22)23)3-4-12(11)31-15(13)25-14(27)8-1-2-8/h8-10,26H,1-7H2,(H,24,28)(H,25,27)/t9-/m0/s1. The minimum atomic E-state index is -5.08. The third kappa shape index (κ3) is 4.91. The summed E-state index contributed by atoms with van der Waals surface area (Å²) in [5.74, 6) is -5.68. The van der Waals surface area contributed by atoms with Crippen LogP contribution in [0.2, 0.25) is 0 Å². The zero-order valence-electron chi connectivity index (χ0n) is 16.5. The van der Waals surface area contributed by atoms with Gasteiger partial charge in [0.2, 0.25) is 15.9 Å². The number of halogens is 5. The number of amides is 2. The molecule has 7 nitrogen and oxygen atoms in total. The first-order valence-corrected chi connectivity index (χ1v) is 12.3. The summed E-state index contributed by atoms with van der Waals surface area (Å²) in [5, 5.41) is 4.48. The van der Waals surface area contributed by atoms with Gasteiger partial charge < -0.3 is 10.6 Å². The number of aryl methyl sites for hydroxylation is 1. The van der Waals surface area contributed by atoms with Crippen molar-refractivity contribution in [2.75, 3.05) is 5.32 Å². The molecule has 4 rings (SSSR count). The van der Waals surface area contributed by atoms with E-state index >= 15 is 0 Å². The molecule has 178 valence electrons. The first-order valence-electron chi connectivity index (χ1n) is 9.98. The van der Waals surface area contributed by atoms with Gasteiger partial charge in [-0.25, -0.2) is 21.9 Å². The van der Waals surface area contributed by atoms with Crippen molar-refractivity contribution in [3.05, 3.63) is 10.4 Å². The molecule has 2 fully saturated rings. The van der Waals surface area contributed by atoms with Crippen molar-refractivity contribution in [2.24, 2.45) is 5.92 Å². The van der Waals surface area contributed by atoms with Gasteiger partial charge in [-0.1, -0.05) is 0 Å². The fraction of sp³-hybridized carbons (Fsp3) is 0.667. The second-order valence-corrected chi connectivity index (χ2v) is 11.2. The molecule has 2 saturated carbocycles. The predicted molar refractivity (Wildman–Crippen MR) is 104 cm³/mol. The van der Waals surface area contributed by atoms with E-state index in [0.29, 0.717) is 17.7 Å². The second-order valence-electron chi connectivity index (χ2n) is 8.42. The van der Waals surface area contributed by atoms with Crippen LogP contribution < -0.4 is 15.4 Å². The highest BCUT2D eigenvalue weighted by Gasteiger charge is 2.48. The third-order valence-corrected chi connectivity index (χ3v) is 8.64. The van der Waals surface area contributed by atoms with E-state index in [1.165, 1.54) is 0 Å². The summed E-state index contributed by atoms with van der Waals surface area (Å²) >= 11 is 1.01. The fourth-order valence-corrected chi connectivity index (χ4v) is 7.11. The highest BCUT2D eigenvalue weighted by Crippen LogP contribution is 2.44. The van der Waals surface area contributed by atoms with Gasteiger partial charge in [0.15, 0.2) is 0 Å². The van der Waals surface area contributed by atoms with Gasteiger partial charge in [0.25, 0.3) is 5.92 Å². The number of rotatable bonds is 6. The minimum absolute atomic E-state index is 0.0216. The average Bonchev–Trinajstić information content (AvgIpc) is 3.40. The Hall–Kier alpha value is -1.80. The first-order chi connectivity index (χ1) is 14.7. The molecule has 0 aliphatic heterocycles. The molecule has 0 bridgehead atoms. The number of thiophene rings is 1. The van der Waals surface area contributed by atoms with Crippen LogP contribution in [0.4, 0.5) is 27.0 Å². The van der Waals surface area contributed by atoms with Gasteiger partial charge in [0.05, 0.1) is 0 Å². The molecule has 3 N–H and O–H groups in total. The molecule has 2 amide bonds. The molecule has 32 heavy (non-hydrogen) atoms. The molecule has 1 atom stereocenters. The molecule has 0 aromatic carbocycles. The molecule has 1 aromatic heterocycles. The van der Waals surface area contributed by atoms with E-state index in [1.54, 1.807) is 0 Å². The molecule has 0 unspecified atom stereocenters. The molecule has 0 spiro atoms. The zero-order chi connectivity index (χ0) is 23.5. The van der Waals surface area contributed by atoms with Gasteiger partial charge in [-0.3, -0.25) is 9.59 Å². The summed E-state index contributed by atoms with van der Waals surface area (Å²) in [4.78, 5) is 23.8. The number of fused-ring (bicyclic) bond motifs is 1. The number of nitrogens with one attached hydrogen (secondary N) is 3. The van der Waals surface area contributed by atoms with Crippen LogP contribution in [-0.2, 0) is 32.5 Å². The summed E-state index contributed by atoms with van der Waals surface area (Å²) < 4.78 is 92.6. The van der Waals surface area contributed by atoms with Crippen molar-refractivity contribution in [1.82, 2.24) is 10.0 Å². The van der Waals surface area contributed by atoms with E-state index in [-0.39, 0.29) is 46.5 Å².